The summed E-state index contributed by atoms with van der Waals surface area (Å²) in [4.78, 5) is 32.5. The number of pyridine rings is 1. The first-order valence-corrected chi connectivity index (χ1v) is 12.1. The molecular weight excluding hydrogens is 441 g/mol. The Bertz CT molecular complexity index is 1370. The predicted octanol–water partition coefficient (Wildman–Crippen LogP) is 6.87. The summed E-state index contributed by atoms with van der Waals surface area (Å²) in [6, 6.07) is 16.4. The minimum atomic E-state index is -0.229. The van der Waals surface area contributed by atoms with Crippen LogP contribution in [0.1, 0.15) is 60.9 Å². The van der Waals surface area contributed by atoms with Crippen molar-refractivity contribution in [1.82, 2.24) is 9.97 Å². The van der Waals surface area contributed by atoms with E-state index in [-0.39, 0.29) is 29.3 Å². The van der Waals surface area contributed by atoms with Crippen LogP contribution in [0.2, 0.25) is 0 Å². The molecule has 0 unspecified atom stereocenters. The smallest absolute Gasteiger partial charge is 0.228 e. The number of H-pyrrole nitrogens is 1. The zero-order chi connectivity index (χ0) is 24.4. The number of hydrogen-bond donors (Lipinski definition) is 2. The van der Waals surface area contributed by atoms with Crippen molar-refractivity contribution >= 4 is 28.4 Å². The van der Waals surface area contributed by atoms with Crippen molar-refractivity contribution in [3.63, 3.8) is 0 Å². The van der Waals surface area contributed by atoms with E-state index >= 15 is 0 Å². The van der Waals surface area contributed by atoms with Crippen LogP contribution in [0.5, 0.6) is 0 Å². The molecule has 2 N–H and O–H groups in total. The van der Waals surface area contributed by atoms with E-state index in [1.807, 2.05) is 36.4 Å². The Labute approximate surface area is 203 Å². The highest BCUT2D eigenvalue weighted by atomic mass is 19.1. The molecule has 6 heteroatoms. The lowest BCUT2D eigenvalue weighted by molar-refractivity contribution is -0.117. The Balaban J connectivity index is 1.25. The highest BCUT2D eigenvalue weighted by Crippen LogP contribution is 2.31. The molecule has 35 heavy (non-hydrogen) atoms. The van der Waals surface area contributed by atoms with Gasteiger partial charge in [0.05, 0.1) is 0 Å². The Morgan fingerprint density at radius 3 is 2.69 bits per heavy atom. The zero-order valence-corrected chi connectivity index (χ0v) is 19.7. The average Bonchev–Trinajstić information content (AvgIpc) is 3.63. The predicted molar refractivity (Wildman–Crippen MR) is 136 cm³/mol. The summed E-state index contributed by atoms with van der Waals surface area (Å²) in [5.41, 5.74) is 4.42. The maximum atomic E-state index is 13.5. The fraction of sp³-hybridized carbons (Fsp3) is 0.276. The summed E-state index contributed by atoms with van der Waals surface area (Å²) in [6.07, 6.45) is 7.42. The number of nitrogens with one attached hydrogen (secondary N) is 2. The fourth-order valence-electron chi connectivity index (χ4n) is 4.43. The molecule has 1 atom stereocenters. The number of amides is 1. The number of carbonyl (C=O) groups is 2. The molecule has 0 radical (unpaired) electrons. The molecule has 1 aliphatic rings. The lowest BCUT2D eigenvalue weighted by Crippen LogP contribution is -2.14. The van der Waals surface area contributed by atoms with Crippen LogP contribution in [0.3, 0.4) is 0 Å². The van der Waals surface area contributed by atoms with Gasteiger partial charge < -0.3 is 10.3 Å². The number of ketones is 1. The second-order valence-electron chi connectivity index (χ2n) is 9.43. The van der Waals surface area contributed by atoms with Crippen molar-refractivity contribution in [2.24, 2.45) is 5.92 Å². The van der Waals surface area contributed by atoms with Gasteiger partial charge in [0.15, 0.2) is 5.78 Å². The van der Waals surface area contributed by atoms with E-state index < -0.39 is 0 Å². The molecule has 5 rings (SSSR count). The first kappa shape index (κ1) is 23.0. The molecule has 1 saturated carbocycles. The largest absolute Gasteiger partial charge is 0.360 e. The van der Waals surface area contributed by atoms with Crippen molar-refractivity contribution in [2.45, 2.75) is 44.9 Å². The van der Waals surface area contributed by atoms with E-state index in [9.17, 15) is 14.0 Å². The van der Waals surface area contributed by atoms with Gasteiger partial charge in [-0.25, -0.2) is 9.37 Å². The van der Waals surface area contributed by atoms with E-state index in [1.165, 1.54) is 6.07 Å². The van der Waals surface area contributed by atoms with Gasteiger partial charge >= 0.3 is 0 Å². The van der Waals surface area contributed by atoms with Gasteiger partial charge in [-0.1, -0.05) is 25.1 Å². The van der Waals surface area contributed by atoms with Gasteiger partial charge in [-0.3, -0.25) is 9.59 Å². The molecular formula is C29H28FN3O2. The molecule has 2 aromatic heterocycles. The van der Waals surface area contributed by atoms with Crippen LogP contribution >= 0.6 is 0 Å². The van der Waals surface area contributed by atoms with E-state index in [0.717, 1.165) is 53.3 Å². The minimum absolute atomic E-state index is 0.0347. The normalized spacial score (nSPS) is 14.1. The highest BCUT2D eigenvalue weighted by Gasteiger charge is 2.29. The molecule has 0 saturated heterocycles. The number of halogens is 1. The Kier molecular flexibility index (Phi) is 6.45. The lowest BCUT2D eigenvalue weighted by atomic mass is 9.94. The van der Waals surface area contributed by atoms with Crippen LogP contribution in [0, 0.1) is 11.7 Å². The van der Waals surface area contributed by atoms with Crippen LogP contribution < -0.4 is 5.32 Å². The Hall–Kier alpha value is -3.80. The van der Waals surface area contributed by atoms with E-state index in [0.29, 0.717) is 17.8 Å². The van der Waals surface area contributed by atoms with Gasteiger partial charge in [0.2, 0.25) is 5.91 Å². The molecule has 0 bridgehead atoms. The maximum Gasteiger partial charge on any atom is 0.228 e. The van der Waals surface area contributed by atoms with E-state index in [4.69, 9.17) is 0 Å². The van der Waals surface area contributed by atoms with Crippen LogP contribution in [0.4, 0.5) is 10.2 Å². The summed E-state index contributed by atoms with van der Waals surface area (Å²) < 4.78 is 13.5. The lowest BCUT2D eigenvalue weighted by Gasteiger charge is -2.11. The standard InChI is InChI=1S/C29H28FN3O2/c1-18(20-5-3-6-23(30)14-20)4-2-7-27(34)25-17-31-26-12-10-21(15-24(25)26)22-11-13-28(32-16-22)33-29(35)19-8-9-19/h3,5-6,10-19,31H,2,4,7-9H2,1H3,(H,32,33,35)/t18-/m1/s1. The van der Waals surface area contributed by atoms with Gasteiger partial charge in [0.1, 0.15) is 11.6 Å². The maximum absolute atomic E-state index is 13.5. The van der Waals surface area contributed by atoms with Crippen LogP contribution in [0.15, 0.2) is 67.0 Å². The number of anilines is 1. The van der Waals surface area contributed by atoms with Crippen molar-refractivity contribution < 1.29 is 14.0 Å². The van der Waals surface area contributed by atoms with Crippen molar-refractivity contribution in [3.8, 4) is 11.1 Å². The van der Waals surface area contributed by atoms with E-state index in [1.54, 1.807) is 24.5 Å². The monoisotopic (exact) mass is 469 g/mol. The summed E-state index contributed by atoms with van der Waals surface area (Å²) in [7, 11) is 0. The third-order valence-corrected chi connectivity index (χ3v) is 6.74. The SMILES string of the molecule is C[C@H](CCCC(=O)c1c[nH]c2ccc(-c3ccc(NC(=O)C4CC4)nc3)cc12)c1cccc(F)c1. The van der Waals surface area contributed by atoms with Gasteiger partial charge in [-0.05, 0) is 79.1 Å². The Morgan fingerprint density at radius 2 is 1.94 bits per heavy atom. The molecule has 1 amide bonds. The number of hydrogen-bond acceptors (Lipinski definition) is 3. The molecule has 178 valence electrons. The second-order valence-corrected chi connectivity index (χ2v) is 9.43. The van der Waals surface area contributed by atoms with E-state index in [2.05, 4.69) is 22.2 Å². The van der Waals surface area contributed by atoms with Crippen LogP contribution in [0.25, 0.3) is 22.0 Å². The molecule has 0 aliphatic heterocycles. The quantitative estimate of drug-likeness (QED) is 0.263. The third-order valence-electron chi connectivity index (χ3n) is 6.74. The first-order valence-electron chi connectivity index (χ1n) is 12.1. The number of rotatable bonds is 9. The number of nitrogens with zero attached hydrogens (tertiary/aromatic N) is 1. The van der Waals surface area contributed by atoms with Crippen LogP contribution in [-0.2, 0) is 4.79 Å². The summed E-state index contributed by atoms with van der Waals surface area (Å²) in [6.45, 7) is 2.06. The zero-order valence-electron chi connectivity index (χ0n) is 19.7. The molecule has 2 heterocycles. The molecule has 1 fully saturated rings. The molecule has 5 nitrogen and oxygen atoms in total. The number of carbonyl (C=O) groups excluding carboxylic acids is 2. The number of aromatic amines is 1. The fourth-order valence-corrected chi connectivity index (χ4v) is 4.43. The average molecular weight is 470 g/mol. The summed E-state index contributed by atoms with van der Waals surface area (Å²) in [5, 5.41) is 3.74. The number of aromatic nitrogens is 2. The van der Waals surface area contributed by atoms with Crippen molar-refractivity contribution in [3.05, 3.63) is 83.9 Å². The van der Waals surface area contributed by atoms with Crippen molar-refractivity contribution in [1.29, 1.82) is 0 Å². The minimum Gasteiger partial charge on any atom is -0.360 e. The van der Waals surface area contributed by atoms with Gasteiger partial charge in [0.25, 0.3) is 0 Å². The molecule has 1 aliphatic carbocycles. The number of benzene rings is 2. The Morgan fingerprint density at radius 1 is 1.11 bits per heavy atom. The molecule has 4 aromatic rings. The van der Waals surface area contributed by atoms with Crippen molar-refractivity contribution in [2.75, 3.05) is 5.32 Å². The topological polar surface area (TPSA) is 74.8 Å². The van der Waals surface area contributed by atoms with Gasteiger partial charge in [-0.15, -0.1) is 0 Å². The number of Topliss-reactive ketones (excluding diaryl/α,β-unsaturated/α-hetero) is 1. The van der Waals surface area contributed by atoms with Crippen LogP contribution in [-0.4, -0.2) is 21.7 Å². The summed E-state index contributed by atoms with van der Waals surface area (Å²) >= 11 is 0. The first-order chi connectivity index (χ1) is 17.0. The molecule has 2 aromatic carbocycles. The third kappa shape index (κ3) is 5.32. The second kappa shape index (κ2) is 9.82. The summed E-state index contributed by atoms with van der Waals surface area (Å²) in [5.74, 6) is 0.777. The van der Waals surface area contributed by atoms with Gasteiger partial charge in [0, 0.05) is 46.8 Å². The van der Waals surface area contributed by atoms with Gasteiger partial charge in [-0.2, -0.15) is 0 Å². The highest BCUT2D eigenvalue weighted by molar-refractivity contribution is 6.08. The number of fused-ring (bicyclic) bond motifs is 1. The molecule has 0 spiro atoms.